The van der Waals surface area contributed by atoms with Gasteiger partial charge < -0.3 is 18.9 Å². The van der Waals surface area contributed by atoms with Gasteiger partial charge in [-0.25, -0.2) is 0 Å². The quantitative estimate of drug-likeness (QED) is 0.676. The Hall–Kier alpha value is -0.690. The highest BCUT2D eigenvalue weighted by atomic mass is 16.7. The Balaban J connectivity index is 1.71. The van der Waals surface area contributed by atoms with Gasteiger partial charge >= 0.3 is 5.97 Å². The predicted molar refractivity (Wildman–Crippen MR) is 67.7 cm³/mol. The van der Waals surface area contributed by atoms with E-state index < -0.39 is 0 Å². The molecule has 0 radical (unpaired) electrons. The molecule has 0 saturated carbocycles. The molecule has 2 fully saturated rings. The Morgan fingerprint density at radius 3 is 3.00 bits per heavy atom. The topological polar surface area (TPSA) is 57.2 Å². The molecule has 6 heteroatoms. The number of methoxy groups -OCH3 is 1. The first-order chi connectivity index (χ1) is 9.31. The molecule has 0 aromatic heterocycles. The molecular formula is C13H23NO5. The van der Waals surface area contributed by atoms with E-state index in [1.807, 2.05) is 0 Å². The highest BCUT2D eigenvalue weighted by molar-refractivity contribution is 5.75. The summed E-state index contributed by atoms with van der Waals surface area (Å²) >= 11 is 0. The molecule has 2 rings (SSSR count). The van der Waals surface area contributed by atoms with Gasteiger partial charge in [-0.15, -0.1) is 0 Å². The van der Waals surface area contributed by atoms with E-state index in [0.29, 0.717) is 26.4 Å². The minimum Gasteiger partial charge on any atom is -0.468 e. The SMILES string of the molecule is COC(=O)C1COCCN1CCOC1CCCCO1. The van der Waals surface area contributed by atoms with E-state index in [0.717, 1.165) is 32.4 Å². The molecule has 0 aromatic carbocycles. The smallest absolute Gasteiger partial charge is 0.325 e. The first-order valence-corrected chi connectivity index (χ1v) is 6.94. The van der Waals surface area contributed by atoms with Gasteiger partial charge in [0.05, 0.1) is 26.9 Å². The van der Waals surface area contributed by atoms with Crippen LogP contribution in [0.2, 0.25) is 0 Å². The van der Waals surface area contributed by atoms with Gasteiger partial charge in [-0.3, -0.25) is 9.69 Å². The Morgan fingerprint density at radius 1 is 1.37 bits per heavy atom. The van der Waals surface area contributed by atoms with Crippen molar-refractivity contribution in [1.82, 2.24) is 4.90 Å². The number of carbonyl (C=O) groups excluding carboxylic acids is 1. The van der Waals surface area contributed by atoms with E-state index in [1.165, 1.54) is 7.11 Å². The van der Waals surface area contributed by atoms with Crippen LogP contribution in [0, 0.1) is 0 Å². The lowest BCUT2D eigenvalue weighted by Gasteiger charge is -2.34. The Kier molecular flexibility index (Phi) is 6.03. The van der Waals surface area contributed by atoms with E-state index in [-0.39, 0.29) is 18.3 Å². The van der Waals surface area contributed by atoms with Gasteiger partial charge in [-0.1, -0.05) is 0 Å². The zero-order valence-electron chi connectivity index (χ0n) is 11.5. The number of esters is 1. The first-order valence-electron chi connectivity index (χ1n) is 6.94. The second-order valence-electron chi connectivity index (χ2n) is 4.82. The van der Waals surface area contributed by atoms with Crippen molar-refractivity contribution in [3.8, 4) is 0 Å². The van der Waals surface area contributed by atoms with Crippen LogP contribution in [0.15, 0.2) is 0 Å². The third-order valence-corrected chi connectivity index (χ3v) is 3.53. The van der Waals surface area contributed by atoms with Gasteiger partial charge in [0.2, 0.25) is 0 Å². The number of hydrogen-bond acceptors (Lipinski definition) is 6. The van der Waals surface area contributed by atoms with Crippen molar-refractivity contribution in [2.45, 2.75) is 31.6 Å². The second-order valence-corrected chi connectivity index (χ2v) is 4.82. The number of rotatable bonds is 5. The van der Waals surface area contributed by atoms with Crippen molar-refractivity contribution in [2.24, 2.45) is 0 Å². The van der Waals surface area contributed by atoms with Crippen molar-refractivity contribution < 1.29 is 23.7 Å². The van der Waals surface area contributed by atoms with Crippen molar-refractivity contribution in [3.05, 3.63) is 0 Å². The largest absolute Gasteiger partial charge is 0.468 e. The zero-order chi connectivity index (χ0) is 13.5. The van der Waals surface area contributed by atoms with Gasteiger partial charge in [0.1, 0.15) is 6.04 Å². The Morgan fingerprint density at radius 2 is 2.26 bits per heavy atom. The summed E-state index contributed by atoms with van der Waals surface area (Å²) in [5.74, 6) is -0.242. The lowest BCUT2D eigenvalue weighted by molar-refractivity contribution is -0.170. The van der Waals surface area contributed by atoms with Crippen molar-refractivity contribution in [2.75, 3.05) is 46.6 Å². The maximum Gasteiger partial charge on any atom is 0.325 e. The van der Waals surface area contributed by atoms with Crippen LogP contribution in [0.5, 0.6) is 0 Å². The molecule has 2 aliphatic heterocycles. The van der Waals surface area contributed by atoms with E-state index in [9.17, 15) is 4.79 Å². The standard InChI is InChI=1S/C13H23NO5/c1-16-13(15)11-10-17-8-5-14(11)6-9-19-12-4-2-3-7-18-12/h11-12H,2-10H2,1H3. The molecular weight excluding hydrogens is 250 g/mol. The highest BCUT2D eigenvalue weighted by Crippen LogP contribution is 2.14. The summed E-state index contributed by atoms with van der Waals surface area (Å²) in [6.07, 6.45) is 3.16. The van der Waals surface area contributed by atoms with Crippen LogP contribution in [0.25, 0.3) is 0 Å². The van der Waals surface area contributed by atoms with E-state index >= 15 is 0 Å². The van der Waals surface area contributed by atoms with Crippen molar-refractivity contribution >= 4 is 5.97 Å². The molecule has 0 spiro atoms. The van der Waals surface area contributed by atoms with Crippen LogP contribution in [0.3, 0.4) is 0 Å². The van der Waals surface area contributed by atoms with E-state index in [2.05, 4.69) is 4.90 Å². The zero-order valence-corrected chi connectivity index (χ0v) is 11.5. The van der Waals surface area contributed by atoms with E-state index in [1.54, 1.807) is 0 Å². The van der Waals surface area contributed by atoms with Crippen LogP contribution in [0.4, 0.5) is 0 Å². The molecule has 2 unspecified atom stereocenters. The molecule has 2 atom stereocenters. The summed E-state index contributed by atoms with van der Waals surface area (Å²) in [5.41, 5.74) is 0. The minimum absolute atomic E-state index is 0.0774. The maximum atomic E-state index is 11.6. The molecule has 19 heavy (non-hydrogen) atoms. The Labute approximate surface area is 113 Å². The molecule has 0 aliphatic carbocycles. The number of morpholine rings is 1. The highest BCUT2D eigenvalue weighted by Gasteiger charge is 2.30. The van der Waals surface area contributed by atoms with Gasteiger partial charge in [0.25, 0.3) is 0 Å². The summed E-state index contributed by atoms with van der Waals surface area (Å²) in [4.78, 5) is 13.7. The lowest BCUT2D eigenvalue weighted by Crippen LogP contribution is -2.51. The molecule has 2 heterocycles. The van der Waals surface area contributed by atoms with Crippen LogP contribution in [0.1, 0.15) is 19.3 Å². The number of carbonyl (C=O) groups is 1. The molecule has 0 aromatic rings. The Bertz CT molecular complexity index is 280. The number of hydrogen-bond donors (Lipinski definition) is 0. The fraction of sp³-hybridized carbons (Fsp3) is 0.923. The summed E-state index contributed by atoms with van der Waals surface area (Å²) in [6.45, 7) is 3.82. The van der Waals surface area contributed by atoms with Crippen LogP contribution in [-0.2, 0) is 23.7 Å². The summed E-state index contributed by atoms with van der Waals surface area (Å²) in [6, 6.07) is -0.311. The molecule has 0 amide bonds. The average molecular weight is 273 g/mol. The van der Waals surface area contributed by atoms with Crippen LogP contribution in [-0.4, -0.2) is 69.8 Å². The first kappa shape index (κ1) is 14.7. The molecule has 6 nitrogen and oxygen atoms in total. The van der Waals surface area contributed by atoms with Crippen molar-refractivity contribution in [3.63, 3.8) is 0 Å². The molecule has 0 bridgehead atoms. The molecule has 110 valence electrons. The van der Waals surface area contributed by atoms with Gasteiger partial charge in [0.15, 0.2) is 6.29 Å². The number of ether oxygens (including phenoxy) is 4. The molecule has 0 N–H and O–H groups in total. The maximum absolute atomic E-state index is 11.6. The predicted octanol–water partition coefficient (Wildman–Crippen LogP) is 0.403. The normalized spacial score (nSPS) is 29.1. The molecule has 2 saturated heterocycles. The van der Waals surface area contributed by atoms with Gasteiger partial charge in [-0.2, -0.15) is 0 Å². The summed E-state index contributed by atoms with van der Waals surface area (Å²) in [7, 11) is 1.40. The van der Waals surface area contributed by atoms with Gasteiger partial charge in [-0.05, 0) is 19.3 Å². The van der Waals surface area contributed by atoms with Crippen LogP contribution < -0.4 is 0 Å². The lowest BCUT2D eigenvalue weighted by atomic mass is 10.2. The summed E-state index contributed by atoms with van der Waals surface area (Å²) < 4.78 is 21.3. The summed E-state index contributed by atoms with van der Waals surface area (Å²) in [5, 5.41) is 0. The van der Waals surface area contributed by atoms with Crippen LogP contribution >= 0.6 is 0 Å². The fourth-order valence-corrected chi connectivity index (χ4v) is 2.40. The monoisotopic (exact) mass is 273 g/mol. The third-order valence-electron chi connectivity index (χ3n) is 3.53. The second kappa shape index (κ2) is 7.79. The van der Waals surface area contributed by atoms with Crippen molar-refractivity contribution in [1.29, 1.82) is 0 Å². The number of nitrogens with zero attached hydrogens (tertiary/aromatic N) is 1. The molecule has 2 aliphatic rings. The van der Waals surface area contributed by atoms with E-state index in [4.69, 9.17) is 18.9 Å². The fourth-order valence-electron chi connectivity index (χ4n) is 2.40. The van der Waals surface area contributed by atoms with Gasteiger partial charge in [0, 0.05) is 19.7 Å². The third kappa shape index (κ3) is 4.42. The average Bonchev–Trinajstić information content (AvgIpc) is 2.48. The minimum atomic E-state index is -0.311.